The average molecular weight is 473 g/mol. The molecule has 156 valence electrons. The number of Topliss-reactive ketones (excluding diaryl/α,β-unsaturated/α-hetero) is 1. The molecule has 0 spiro atoms. The Morgan fingerprint density at radius 2 is 1.77 bits per heavy atom. The van der Waals surface area contributed by atoms with Crippen molar-refractivity contribution < 1.29 is 14.3 Å². The molecule has 7 heteroatoms. The zero-order valence-corrected chi connectivity index (χ0v) is 18.5. The van der Waals surface area contributed by atoms with Crippen LogP contribution in [0.4, 0.5) is 0 Å². The van der Waals surface area contributed by atoms with Crippen LogP contribution in [0.25, 0.3) is 6.08 Å². The molecule has 0 aromatic heterocycles. The van der Waals surface area contributed by atoms with Gasteiger partial charge in [0.2, 0.25) is 5.78 Å². The lowest BCUT2D eigenvalue weighted by atomic mass is 10.0. The number of allylic oxidation sites excluding steroid dienone is 1. The molecule has 3 aromatic rings. The van der Waals surface area contributed by atoms with Gasteiger partial charge in [0.1, 0.15) is 18.2 Å². The van der Waals surface area contributed by atoms with Gasteiger partial charge in [-0.15, -0.1) is 0 Å². The normalized spacial score (nSPS) is 16.6. The Kier molecular flexibility index (Phi) is 5.40. The third-order valence-corrected chi connectivity index (χ3v) is 6.23. The van der Waals surface area contributed by atoms with E-state index in [1.165, 1.54) is 0 Å². The summed E-state index contributed by atoms with van der Waals surface area (Å²) in [5, 5.41) is 1.58. The molecule has 2 aliphatic rings. The zero-order valence-electron chi connectivity index (χ0n) is 16.2. The molecule has 0 fully saturated rings. The van der Waals surface area contributed by atoms with Crippen molar-refractivity contribution in [2.45, 2.75) is 13.1 Å². The van der Waals surface area contributed by atoms with Crippen molar-refractivity contribution in [2.24, 2.45) is 0 Å². The van der Waals surface area contributed by atoms with E-state index in [9.17, 15) is 4.79 Å². The third-order valence-electron chi connectivity index (χ3n) is 5.24. The van der Waals surface area contributed by atoms with Crippen LogP contribution in [0.2, 0.25) is 15.1 Å². The van der Waals surface area contributed by atoms with E-state index in [0.29, 0.717) is 46.2 Å². The summed E-state index contributed by atoms with van der Waals surface area (Å²) in [7, 11) is 0. The average Bonchev–Trinajstić information content (AvgIpc) is 3.08. The number of benzene rings is 3. The second-order valence-corrected chi connectivity index (χ2v) is 8.67. The van der Waals surface area contributed by atoms with Crippen LogP contribution in [0, 0.1) is 0 Å². The van der Waals surface area contributed by atoms with Gasteiger partial charge in [-0.1, -0.05) is 53.0 Å². The minimum absolute atomic E-state index is 0.168. The van der Waals surface area contributed by atoms with Crippen LogP contribution in [0.1, 0.15) is 27.0 Å². The van der Waals surface area contributed by atoms with Crippen LogP contribution in [0.5, 0.6) is 11.5 Å². The van der Waals surface area contributed by atoms with Crippen LogP contribution in [-0.2, 0) is 13.1 Å². The summed E-state index contributed by atoms with van der Waals surface area (Å²) >= 11 is 18.1. The topological polar surface area (TPSA) is 38.8 Å². The lowest BCUT2D eigenvalue weighted by molar-refractivity contribution is 0.0873. The van der Waals surface area contributed by atoms with Gasteiger partial charge in [0.25, 0.3) is 0 Å². The van der Waals surface area contributed by atoms with Gasteiger partial charge in [-0.05, 0) is 53.6 Å². The monoisotopic (exact) mass is 471 g/mol. The van der Waals surface area contributed by atoms with Gasteiger partial charge in [0.05, 0.1) is 21.2 Å². The first kappa shape index (κ1) is 20.4. The van der Waals surface area contributed by atoms with Gasteiger partial charge < -0.3 is 9.47 Å². The summed E-state index contributed by atoms with van der Waals surface area (Å²) < 4.78 is 11.9. The second kappa shape index (κ2) is 8.21. The Labute approximate surface area is 194 Å². The molecule has 0 atom stereocenters. The first-order chi connectivity index (χ1) is 15.0. The quantitative estimate of drug-likeness (QED) is 0.402. The summed E-state index contributed by atoms with van der Waals surface area (Å²) in [6, 6.07) is 16.5. The maximum Gasteiger partial charge on any atom is 0.231 e. The van der Waals surface area contributed by atoms with Crippen molar-refractivity contribution >= 4 is 46.7 Å². The molecule has 0 saturated heterocycles. The van der Waals surface area contributed by atoms with E-state index >= 15 is 0 Å². The number of carbonyl (C=O) groups is 1. The van der Waals surface area contributed by atoms with Crippen molar-refractivity contribution in [3.05, 3.63) is 97.7 Å². The molecule has 0 N–H and O–H groups in total. The lowest BCUT2D eigenvalue weighted by Crippen LogP contribution is -2.31. The fourth-order valence-corrected chi connectivity index (χ4v) is 4.14. The van der Waals surface area contributed by atoms with Gasteiger partial charge in [-0.2, -0.15) is 0 Å². The number of halogens is 3. The molecular weight excluding hydrogens is 457 g/mol. The van der Waals surface area contributed by atoms with Crippen LogP contribution >= 0.6 is 34.8 Å². The SMILES string of the molecule is O=C1/C(=C/c2ccc(Cl)c(Cl)c2)Oc2c1ccc1c2CN(Cc2ccc(Cl)cc2)CO1. The number of ether oxygens (including phenoxy) is 2. The molecule has 4 nitrogen and oxygen atoms in total. The van der Waals surface area contributed by atoms with E-state index in [2.05, 4.69) is 4.90 Å². The fourth-order valence-electron chi connectivity index (χ4n) is 3.71. The van der Waals surface area contributed by atoms with E-state index in [1.807, 2.05) is 30.3 Å². The summed E-state index contributed by atoms with van der Waals surface area (Å²) in [4.78, 5) is 15.1. The Morgan fingerprint density at radius 3 is 2.55 bits per heavy atom. The zero-order chi connectivity index (χ0) is 21.5. The molecule has 0 aliphatic carbocycles. The number of ketones is 1. The molecule has 0 amide bonds. The first-order valence-corrected chi connectivity index (χ1v) is 10.8. The van der Waals surface area contributed by atoms with E-state index in [0.717, 1.165) is 22.4 Å². The van der Waals surface area contributed by atoms with Gasteiger partial charge >= 0.3 is 0 Å². The summed E-state index contributed by atoms with van der Waals surface area (Å²) in [6.45, 7) is 1.75. The predicted molar refractivity (Wildman–Crippen MR) is 122 cm³/mol. The smallest absolute Gasteiger partial charge is 0.231 e. The van der Waals surface area contributed by atoms with Crippen molar-refractivity contribution in [1.82, 2.24) is 4.90 Å². The summed E-state index contributed by atoms with van der Waals surface area (Å²) in [5.41, 5.74) is 3.26. The number of nitrogens with zero attached hydrogens (tertiary/aromatic N) is 1. The van der Waals surface area contributed by atoms with E-state index in [1.54, 1.807) is 30.3 Å². The molecule has 3 aromatic carbocycles. The van der Waals surface area contributed by atoms with Crippen molar-refractivity contribution in [3.63, 3.8) is 0 Å². The highest BCUT2D eigenvalue weighted by molar-refractivity contribution is 6.42. The number of rotatable bonds is 3. The second-order valence-electron chi connectivity index (χ2n) is 7.42. The van der Waals surface area contributed by atoms with Crippen LogP contribution in [-0.4, -0.2) is 17.4 Å². The van der Waals surface area contributed by atoms with Gasteiger partial charge in [0.15, 0.2) is 5.76 Å². The van der Waals surface area contributed by atoms with E-state index in [4.69, 9.17) is 44.3 Å². The molecule has 0 saturated carbocycles. The maximum absolute atomic E-state index is 12.9. The van der Waals surface area contributed by atoms with Gasteiger partial charge in [0, 0.05) is 18.1 Å². The number of carbonyl (C=O) groups excluding carboxylic acids is 1. The highest BCUT2D eigenvalue weighted by Gasteiger charge is 2.33. The number of hydrogen-bond acceptors (Lipinski definition) is 4. The molecule has 31 heavy (non-hydrogen) atoms. The standard InChI is InChI=1S/C24H16Cl3NO3/c25-16-4-1-14(2-5-16)11-28-12-18-21(30-13-28)8-6-17-23(29)22(31-24(17)18)10-15-3-7-19(26)20(27)9-15/h1-10H,11-13H2/b22-10-. The van der Waals surface area contributed by atoms with Crippen molar-refractivity contribution in [2.75, 3.05) is 6.73 Å². The molecule has 0 radical (unpaired) electrons. The van der Waals surface area contributed by atoms with E-state index in [-0.39, 0.29) is 11.5 Å². The minimum atomic E-state index is -0.168. The van der Waals surface area contributed by atoms with Gasteiger partial charge in [-0.25, -0.2) is 0 Å². The van der Waals surface area contributed by atoms with Crippen molar-refractivity contribution in [1.29, 1.82) is 0 Å². The Morgan fingerprint density at radius 1 is 0.968 bits per heavy atom. The molecule has 2 heterocycles. The molecule has 2 aliphatic heterocycles. The van der Waals surface area contributed by atoms with E-state index < -0.39 is 0 Å². The molecule has 5 rings (SSSR count). The number of hydrogen-bond donors (Lipinski definition) is 0. The van der Waals surface area contributed by atoms with Crippen LogP contribution in [0.15, 0.2) is 60.4 Å². The predicted octanol–water partition coefficient (Wildman–Crippen LogP) is 6.62. The summed E-state index contributed by atoms with van der Waals surface area (Å²) in [5.74, 6) is 1.36. The molecule has 0 bridgehead atoms. The highest BCUT2D eigenvalue weighted by Crippen LogP contribution is 2.42. The Hall–Kier alpha value is -2.50. The lowest BCUT2D eigenvalue weighted by Gasteiger charge is -2.29. The Bertz CT molecular complexity index is 1220. The highest BCUT2D eigenvalue weighted by atomic mass is 35.5. The van der Waals surface area contributed by atoms with Crippen molar-refractivity contribution in [3.8, 4) is 11.5 Å². The van der Waals surface area contributed by atoms with Crippen LogP contribution < -0.4 is 9.47 Å². The first-order valence-electron chi connectivity index (χ1n) is 9.63. The number of fused-ring (bicyclic) bond motifs is 3. The largest absolute Gasteiger partial charge is 0.478 e. The third kappa shape index (κ3) is 4.04. The molecular formula is C24H16Cl3NO3. The van der Waals surface area contributed by atoms with Gasteiger partial charge in [-0.3, -0.25) is 9.69 Å². The summed E-state index contributed by atoms with van der Waals surface area (Å²) in [6.07, 6.45) is 1.67. The molecule has 0 unspecified atom stereocenters. The fraction of sp³-hybridized carbons (Fsp3) is 0.125. The Balaban J connectivity index is 1.42. The maximum atomic E-state index is 12.9. The van der Waals surface area contributed by atoms with Crippen LogP contribution in [0.3, 0.4) is 0 Å². The minimum Gasteiger partial charge on any atom is -0.478 e.